The van der Waals surface area contributed by atoms with E-state index in [1.165, 1.54) is 0 Å². The van der Waals surface area contributed by atoms with Crippen molar-refractivity contribution in [1.29, 1.82) is 0 Å². The van der Waals surface area contributed by atoms with Crippen molar-refractivity contribution < 1.29 is 4.79 Å². The van der Waals surface area contributed by atoms with Crippen molar-refractivity contribution in [1.82, 2.24) is 9.88 Å². The highest BCUT2D eigenvalue weighted by Gasteiger charge is 2.19. The van der Waals surface area contributed by atoms with E-state index in [1.54, 1.807) is 10.8 Å². The van der Waals surface area contributed by atoms with Crippen LogP contribution in [0.4, 0.5) is 0 Å². The van der Waals surface area contributed by atoms with Gasteiger partial charge in [0.05, 0.1) is 0 Å². The van der Waals surface area contributed by atoms with E-state index in [1.807, 2.05) is 37.3 Å². The molecule has 1 amide bonds. The quantitative estimate of drug-likeness (QED) is 0.844. The molecule has 2 aromatic rings. The maximum absolute atomic E-state index is 13.0. The van der Waals surface area contributed by atoms with E-state index in [0.29, 0.717) is 11.5 Å². The highest BCUT2D eigenvalue weighted by Crippen LogP contribution is 2.18. The van der Waals surface area contributed by atoms with Crippen molar-refractivity contribution in [3.8, 4) is 5.69 Å². The normalized spacial score (nSPS) is 16.7. The molecule has 1 aromatic carbocycles. The van der Waals surface area contributed by atoms with Crippen molar-refractivity contribution in [2.75, 3.05) is 0 Å². The van der Waals surface area contributed by atoms with Crippen molar-refractivity contribution in [2.45, 2.75) is 52.0 Å². The van der Waals surface area contributed by atoms with Crippen LogP contribution in [0.2, 0.25) is 0 Å². The maximum Gasteiger partial charge on any atom is 0.268 e. The van der Waals surface area contributed by atoms with Gasteiger partial charge in [-0.15, -0.1) is 0 Å². The van der Waals surface area contributed by atoms with Gasteiger partial charge in [-0.3, -0.25) is 14.2 Å². The van der Waals surface area contributed by atoms with Gasteiger partial charge in [0.2, 0.25) is 0 Å². The molecule has 1 aliphatic rings. The van der Waals surface area contributed by atoms with Gasteiger partial charge in [0.25, 0.3) is 11.5 Å². The van der Waals surface area contributed by atoms with Gasteiger partial charge in [0.15, 0.2) is 0 Å². The number of nitrogens with one attached hydrogen (secondary N) is 1. The minimum absolute atomic E-state index is 0.00738. The van der Waals surface area contributed by atoms with Crippen molar-refractivity contribution in [2.24, 2.45) is 0 Å². The molecule has 0 fully saturated rings. The largest absolute Gasteiger partial charge is 0.346 e. The molecule has 1 heterocycles. The SMILES string of the molecule is Cc1ccn(-c2cccc(C(C)C)c2)c(=O)c1C(=O)NC1C=CCCC1. The van der Waals surface area contributed by atoms with E-state index in [2.05, 4.69) is 31.3 Å². The van der Waals surface area contributed by atoms with E-state index in [4.69, 9.17) is 0 Å². The summed E-state index contributed by atoms with van der Waals surface area (Å²) in [6.07, 6.45) is 8.87. The average molecular weight is 350 g/mol. The van der Waals surface area contributed by atoms with Crippen LogP contribution in [-0.4, -0.2) is 16.5 Å². The Bertz CT molecular complexity index is 893. The number of hydrogen-bond acceptors (Lipinski definition) is 2. The van der Waals surface area contributed by atoms with Gasteiger partial charge in [-0.25, -0.2) is 0 Å². The Balaban J connectivity index is 1.97. The molecule has 0 spiro atoms. The summed E-state index contributed by atoms with van der Waals surface area (Å²) in [5.74, 6) is 0.0790. The van der Waals surface area contributed by atoms with Crippen LogP contribution in [0.3, 0.4) is 0 Å². The zero-order chi connectivity index (χ0) is 18.7. The number of aryl methyl sites for hydroxylation is 1. The minimum Gasteiger partial charge on any atom is -0.346 e. The molecule has 1 N–H and O–H groups in total. The second-order valence-electron chi connectivity index (χ2n) is 7.24. The zero-order valence-electron chi connectivity index (χ0n) is 15.7. The van der Waals surface area contributed by atoms with Crippen molar-refractivity contribution >= 4 is 5.91 Å². The minimum atomic E-state index is -0.293. The van der Waals surface area contributed by atoms with E-state index < -0.39 is 0 Å². The molecule has 0 saturated heterocycles. The lowest BCUT2D eigenvalue weighted by Gasteiger charge is -2.19. The van der Waals surface area contributed by atoms with E-state index >= 15 is 0 Å². The summed E-state index contributed by atoms with van der Waals surface area (Å²) in [6.45, 7) is 6.04. The highest BCUT2D eigenvalue weighted by atomic mass is 16.2. The molecule has 4 nitrogen and oxygen atoms in total. The molecule has 1 atom stereocenters. The lowest BCUT2D eigenvalue weighted by molar-refractivity contribution is 0.0939. The first-order valence-electron chi connectivity index (χ1n) is 9.27. The summed E-state index contributed by atoms with van der Waals surface area (Å²) in [5, 5.41) is 2.99. The Kier molecular flexibility index (Phi) is 5.40. The molecule has 26 heavy (non-hydrogen) atoms. The van der Waals surface area contributed by atoms with Gasteiger partial charge >= 0.3 is 0 Å². The third kappa shape index (κ3) is 3.79. The molecular formula is C22H26N2O2. The van der Waals surface area contributed by atoms with E-state index in [0.717, 1.165) is 30.5 Å². The first-order chi connectivity index (χ1) is 12.5. The summed E-state index contributed by atoms with van der Waals surface area (Å²) in [7, 11) is 0. The molecule has 136 valence electrons. The standard InChI is InChI=1S/C22H26N2O2/c1-15(2)17-8-7-11-19(14-17)24-13-12-16(3)20(22(24)26)21(25)23-18-9-5-4-6-10-18/h5,7-9,11-15,18H,4,6,10H2,1-3H3,(H,23,25). The Morgan fingerprint density at radius 1 is 1.27 bits per heavy atom. The van der Waals surface area contributed by atoms with Gasteiger partial charge in [-0.1, -0.05) is 38.1 Å². The summed E-state index contributed by atoms with van der Waals surface area (Å²) in [5.41, 5.74) is 2.59. The lowest BCUT2D eigenvalue weighted by Crippen LogP contribution is -2.39. The third-order valence-electron chi connectivity index (χ3n) is 4.91. The molecule has 1 aliphatic carbocycles. The molecule has 4 heteroatoms. The van der Waals surface area contributed by atoms with Gasteiger partial charge in [-0.05, 0) is 61.4 Å². The van der Waals surface area contributed by atoms with Crippen LogP contribution in [-0.2, 0) is 0 Å². The van der Waals surface area contributed by atoms with Gasteiger partial charge in [0, 0.05) is 17.9 Å². The van der Waals surface area contributed by atoms with Gasteiger partial charge < -0.3 is 5.32 Å². The molecule has 0 bridgehead atoms. The molecule has 0 saturated carbocycles. The number of benzene rings is 1. The monoisotopic (exact) mass is 350 g/mol. The highest BCUT2D eigenvalue weighted by molar-refractivity contribution is 5.95. The van der Waals surface area contributed by atoms with Gasteiger partial charge in [-0.2, -0.15) is 0 Å². The first-order valence-corrected chi connectivity index (χ1v) is 9.27. The molecular weight excluding hydrogens is 324 g/mol. The van der Waals surface area contributed by atoms with Crippen LogP contribution in [0, 0.1) is 6.92 Å². The Hall–Kier alpha value is -2.62. The summed E-state index contributed by atoms with van der Waals surface area (Å²) in [4.78, 5) is 25.8. The van der Waals surface area contributed by atoms with Crippen molar-refractivity contribution in [3.05, 3.63) is 75.7 Å². The van der Waals surface area contributed by atoms with E-state index in [-0.39, 0.29) is 23.1 Å². The number of carbonyl (C=O) groups excluding carboxylic acids is 1. The maximum atomic E-state index is 13.0. The molecule has 1 aromatic heterocycles. The topological polar surface area (TPSA) is 51.1 Å². The molecule has 0 aliphatic heterocycles. The number of hydrogen-bond donors (Lipinski definition) is 1. The molecule has 0 radical (unpaired) electrons. The smallest absolute Gasteiger partial charge is 0.268 e. The fourth-order valence-electron chi connectivity index (χ4n) is 3.31. The number of aromatic nitrogens is 1. The van der Waals surface area contributed by atoms with E-state index in [9.17, 15) is 9.59 Å². The van der Waals surface area contributed by atoms with Crippen LogP contribution < -0.4 is 10.9 Å². The summed E-state index contributed by atoms with van der Waals surface area (Å²) in [6, 6.07) is 9.74. The van der Waals surface area contributed by atoms with Crippen LogP contribution in [0.25, 0.3) is 5.69 Å². The lowest BCUT2D eigenvalue weighted by atomic mass is 10.0. The molecule has 1 unspecified atom stereocenters. The summed E-state index contributed by atoms with van der Waals surface area (Å²) >= 11 is 0. The fraction of sp³-hybridized carbons (Fsp3) is 0.364. The Morgan fingerprint density at radius 2 is 2.08 bits per heavy atom. The number of amides is 1. The second kappa shape index (κ2) is 7.73. The summed E-state index contributed by atoms with van der Waals surface area (Å²) < 4.78 is 1.56. The molecule has 3 rings (SSSR count). The second-order valence-corrected chi connectivity index (χ2v) is 7.24. The predicted octanol–water partition coefficient (Wildman–Crippen LogP) is 4.11. The Labute approximate surface area is 154 Å². The van der Waals surface area contributed by atoms with Gasteiger partial charge in [0.1, 0.15) is 5.56 Å². The number of nitrogens with zero attached hydrogens (tertiary/aromatic N) is 1. The third-order valence-corrected chi connectivity index (χ3v) is 4.91. The number of allylic oxidation sites excluding steroid dienone is 1. The number of pyridine rings is 1. The van der Waals surface area contributed by atoms with Crippen LogP contribution in [0.15, 0.2) is 53.5 Å². The predicted molar refractivity (Wildman–Crippen MR) is 105 cm³/mol. The fourth-order valence-corrected chi connectivity index (χ4v) is 3.31. The zero-order valence-corrected chi connectivity index (χ0v) is 15.7. The van der Waals surface area contributed by atoms with Crippen molar-refractivity contribution in [3.63, 3.8) is 0 Å². The number of carbonyl (C=O) groups is 1. The van der Waals surface area contributed by atoms with Crippen LogP contribution >= 0.6 is 0 Å². The van der Waals surface area contributed by atoms with Crippen LogP contribution in [0.1, 0.15) is 60.5 Å². The average Bonchev–Trinajstić information content (AvgIpc) is 2.62. The first kappa shape index (κ1) is 18.2. The Morgan fingerprint density at radius 3 is 2.77 bits per heavy atom. The van der Waals surface area contributed by atoms with Crippen LogP contribution in [0.5, 0.6) is 0 Å². The number of rotatable bonds is 4.